The molecule has 0 aliphatic carbocycles. The Morgan fingerprint density at radius 3 is 0.735 bits per heavy atom. The van der Waals surface area contributed by atoms with Crippen LogP contribution in [0.4, 0.5) is 0 Å². The van der Waals surface area contributed by atoms with E-state index in [-0.39, 0.29) is 66.1 Å². The molecule has 0 heterocycles. The predicted octanol–water partition coefficient (Wildman–Crippen LogP) is 6.47. The summed E-state index contributed by atoms with van der Waals surface area (Å²) in [6.45, 7) is 24.5. The van der Waals surface area contributed by atoms with Crippen LogP contribution in [0.3, 0.4) is 0 Å². The van der Waals surface area contributed by atoms with Crippen molar-refractivity contribution in [1.29, 1.82) is 0 Å². The van der Waals surface area contributed by atoms with E-state index < -0.39 is 36.6 Å². The van der Waals surface area contributed by atoms with Crippen LogP contribution in [-0.4, -0.2) is 208 Å². The average molecular weight is 995 g/mol. The molecule has 0 spiro atoms. The quantitative estimate of drug-likeness (QED) is 0.0367. The Labute approximate surface area is 410 Å². The SMILES string of the molecule is CCCOCCOCC(COCCOCCC)OCC(OC(COCCOCCC)COCCOCCC)C(COC(COOCCC)COOCCC)OC(COOCCC)COOCCC. The summed E-state index contributed by atoms with van der Waals surface area (Å²) in [6, 6.07) is 0. The fourth-order valence-electron chi connectivity index (χ4n) is 5.35. The van der Waals surface area contributed by atoms with Crippen molar-refractivity contribution in [2.24, 2.45) is 0 Å². The lowest BCUT2D eigenvalue weighted by atomic mass is 10.2. The van der Waals surface area contributed by atoms with Crippen LogP contribution in [0.15, 0.2) is 0 Å². The zero-order chi connectivity index (χ0) is 49.6. The molecule has 0 aliphatic heterocycles. The molecule has 68 heavy (non-hydrogen) atoms. The molecule has 20 heteroatoms. The van der Waals surface area contributed by atoms with Crippen LogP contribution in [-0.2, 0) is 95.9 Å². The second-order valence-electron chi connectivity index (χ2n) is 15.7. The van der Waals surface area contributed by atoms with Crippen LogP contribution in [0.2, 0.25) is 0 Å². The van der Waals surface area contributed by atoms with Gasteiger partial charge in [-0.2, -0.15) is 0 Å². The first kappa shape index (κ1) is 67.2. The number of rotatable bonds is 59. The highest BCUT2D eigenvalue weighted by molar-refractivity contribution is 4.78. The number of ether oxygens (including phenoxy) is 12. The van der Waals surface area contributed by atoms with E-state index in [0.29, 0.717) is 106 Å². The molecule has 0 aromatic heterocycles. The Kier molecular flexibility index (Phi) is 54.9. The molecule has 0 fully saturated rings. The van der Waals surface area contributed by atoms with Gasteiger partial charge in [0.25, 0.3) is 0 Å². The maximum absolute atomic E-state index is 6.96. The largest absolute Gasteiger partial charge is 0.379 e. The predicted molar refractivity (Wildman–Crippen MR) is 253 cm³/mol. The molecular weight excluding hydrogens is 897 g/mol. The van der Waals surface area contributed by atoms with Crippen LogP contribution in [0.25, 0.3) is 0 Å². The van der Waals surface area contributed by atoms with Gasteiger partial charge in [-0.15, -0.1) is 0 Å². The minimum Gasteiger partial charge on any atom is -0.379 e. The lowest BCUT2D eigenvalue weighted by Gasteiger charge is -2.34. The highest BCUT2D eigenvalue weighted by atomic mass is 17.2. The molecule has 2 atom stereocenters. The molecule has 0 aromatic rings. The van der Waals surface area contributed by atoms with E-state index in [9.17, 15) is 0 Å². The maximum atomic E-state index is 6.96. The number of hydrogen-bond acceptors (Lipinski definition) is 20. The van der Waals surface area contributed by atoms with Crippen molar-refractivity contribution in [3.8, 4) is 0 Å². The summed E-state index contributed by atoms with van der Waals surface area (Å²) in [4.78, 5) is 43.9. The number of hydrogen-bond donors (Lipinski definition) is 0. The summed E-state index contributed by atoms with van der Waals surface area (Å²) < 4.78 is 74.0. The first-order chi connectivity index (χ1) is 33.5. The van der Waals surface area contributed by atoms with E-state index in [2.05, 4.69) is 27.7 Å². The second kappa shape index (κ2) is 55.5. The molecule has 0 aromatic carbocycles. The van der Waals surface area contributed by atoms with Crippen LogP contribution < -0.4 is 0 Å². The highest BCUT2D eigenvalue weighted by Crippen LogP contribution is 2.17. The molecule has 0 aliphatic rings. The molecule has 0 rings (SSSR count). The molecule has 20 nitrogen and oxygen atoms in total. The van der Waals surface area contributed by atoms with Gasteiger partial charge in [-0.3, -0.25) is 0 Å². The van der Waals surface area contributed by atoms with E-state index in [1.54, 1.807) is 0 Å². The third kappa shape index (κ3) is 45.1. The molecule has 0 bridgehead atoms. The Morgan fingerprint density at radius 2 is 0.441 bits per heavy atom. The van der Waals surface area contributed by atoms with Crippen LogP contribution >= 0.6 is 0 Å². The molecule has 2 unspecified atom stereocenters. The zero-order valence-electron chi connectivity index (χ0n) is 43.7. The van der Waals surface area contributed by atoms with Gasteiger partial charge in [0.1, 0.15) is 63.1 Å². The van der Waals surface area contributed by atoms with Gasteiger partial charge >= 0.3 is 0 Å². The summed E-state index contributed by atoms with van der Waals surface area (Å²) in [7, 11) is 0. The Balaban J connectivity index is 7.03. The third-order valence-corrected chi connectivity index (χ3v) is 8.74. The van der Waals surface area contributed by atoms with Gasteiger partial charge in [-0.05, 0) is 51.4 Å². The summed E-state index contributed by atoms with van der Waals surface area (Å²) in [6.07, 6.45) is 2.57. The van der Waals surface area contributed by atoms with Gasteiger partial charge in [0.2, 0.25) is 0 Å². The van der Waals surface area contributed by atoms with Gasteiger partial charge in [0, 0.05) is 26.4 Å². The first-order valence-electron chi connectivity index (χ1n) is 25.7. The van der Waals surface area contributed by atoms with E-state index in [4.69, 9.17) is 95.9 Å². The van der Waals surface area contributed by atoms with Crippen molar-refractivity contribution in [3.05, 3.63) is 0 Å². The van der Waals surface area contributed by atoms with E-state index in [1.165, 1.54) is 0 Å². The van der Waals surface area contributed by atoms with Crippen LogP contribution in [0, 0.1) is 0 Å². The van der Waals surface area contributed by atoms with Gasteiger partial charge in [-0.25, -0.2) is 39.1 Å². The van der Waals surface area contributed by atoms with Crippen LogP contribution in [0.1, 0.15) is 107 Å². The van der Waals surface area contributed by atoms with E-state index >= 15 is 0 Å². The van der Waals surface area contributed by atoms with Gasteiger partial charge in [0.15, 0.2) is 0 Å². The van der Waals surface area contributed by atoms with Crippen molar-refractivity contribution in [1.82, 2.24) is 0 Å². The minimum absolute atomic E-state index is 0.000604. The maximum Gasteiger partial charge on any atom is 0.111 e. The summed E-state index contributed by atoms with van der Waals surface area (Å²) >= 11 is 0. The lowest BCUT2D eigenvalue weighted by molar-refractivity contribution is -0.346. The van der Waals surface area contributed by atoms with Crippen molar-refractivity contribution in [2.75, 3.05) is 172 Å². The second-order valence-corrected chi connectivity index (χ2v) is 15.7. The topological polar surface area (TPSA) is 185 Å². The summed E-state index contributed by atoms with van der Waals surface area (Å²) in [5.41, 5.74) is 0. The standard InChI is InChI=1S/C48H98O20/c1-9-17-49-25-29-53-33-43(34-54-30-26-50-18-10-2)57-41-47(67-45(35-55-31-27-51-19-11-3)36-56-32-28-52-20-12-4)48(68-46(39-65-61-23-15-7)40-66-62-24-16-8)42-58-44(37-63-59-21-13-5)38-64-60-22-14-6/h43-48H,9-42H2,1-8H3. The summed E-state index contributed by atoms with van der Waals surface area (Å²) in [5.74, 6) is 0. The van der Waals surface area contributed by atoms with Crippen molar-refractivity contribution >= 4 is 0 Å². The zero-order valence-corrected chi connectivity index (χ0v) is 43.7. The normalized spacial score (nSPS) is 13.1. The minimum atomic E-state index is -0.851. The van der Waals surface area contributed by atoms with E-state index in [1.807, 2.05) is 27.7 Å². The smallest absolute Gasteiger partial charge is 0.111 e. The Hall–Kier alpha value is -0.800. The molecule has 0 N–H and O–H groups in total. The van der Waals surface area contributed by atoms with Crippen LogP contribution in [0.5, 0.6) is 0 Å². The average Bonchev–Trinajstić information content (AvgIpc) is 3.35. The highest BCUT2D eigenvalue weighted by Gasteiger charge is 2.33. The monoisotopic (exact) mass is 995 g/mol. The van der Waals surface area contributed by atoms with Crippen molar-refractivity contribution < 1.29 is 95.9 Å². The van der Waals surface area contributed by atoms with Gasteiger partial charge in [0.05, 0.1) is 119 Å². The fourth-order valence-corrected chi connectivity index (χ4v) is 5.35. The first-order valence-corrected chi connectivity index (χ1v) is 25.7. The third-order valence-electron chi connectivity index (χ3n) is 8.74. The summed E-state index contributed by atoms with van der Waals surface area (Å²) in [5, 5.41) is 0. The Bertz CT molecular complexity index is 892. The molecule has 0 saturated carbocycles. The molecule has 0 radical (unpaired) electrons. The van der Waals surface area contributed by atoms with Gasteiger partial charge < -0.3 is 56.8 Å². The Morgan fingerprint density at radius 1 is 0.206 bits per heavy atom. The molecule has 0 saturated heterocycles. The van der Waals surface area contributed by atoms with Gasteiger partial charge in [-0.1, -0.05) is 55.4 Å². The van der Waals surface area contributed by atoms with Crippen molar-refractivity contribution in [3.63, 3.8) is 0 Å². The molecular formula is C48H98O20. The lowest BCUT2D eigenvalue weighted by Crippen LogP contribution is -2.48. The van der Waals surface area contributed by atoms with E-state index in [0.717, 1.165) is 51.4 Å². The fraction of sp³-hybridized carbons (Fsp3) is 1.00. The molecule has 0 amide bonds. The van der Waals surface area contributed by atoms with Crippen molar-refractivity contribution in [2.45, 2.75) is 143 Å². The molecule has 410 valence electrons.